The van der Waals surface area contributed by atoms with Gasteiger partial charge in [-0.2, -0.15) is 0 Å². The molecule has 0 bridgehead atoms. The van der Waals surface area contributed by atoms with E-state index in [0.29, 0.717) is 24.5 Å². The van der Waals surface area contributed by atoms with Gasteiger partial charge in [0, 0.05) is 11.4 Å². The van der Waals surface area contributed by atoms with Crippen molar-refractivity contribution in [3.63, 3.8) is 0 Å². The zero-order valence-corrected chi connectivity index (χ0v) is 11.8. The number of amides is 2. The fourth-order valence-electron chi connectivity index (χ4n) is 1.80. The van der Waals surface area contributed by atoms with Crippen molar-refractivity contribution in [2.45, 2.75) is 26.4 Å². The number of carbonyl (C=O) groups excluding carboxylic acids is 2. The predicted molar refractivity (Wildman–Crippen MR) is 75.0 cm³/mol. The van der Waals surface area contributed by atoms with E-state index < -0.39 is 11.7 Å². The zero-order valence-electron chi connectivity index (χ0n) is 11.8. The number of nitrogens with one attached hydrogen (secondary N) is 1. The highest BCUT2D eigenvalue weighted by molar-refractivity contribution is 5.91. The SMILES string of the molecule is CC(C)(C)OC(=O)Nc1cccc(N2CCOC2=O)c1. The van der Waals surface area contributed by atoms with Crippen molar-refractivity contribution in [3.05, 3.63) is 24.3 Å². The summed E-state index contributed by atoms with van der Waals surface area (Å²) in [5.41, 5.74) is 0.693. The molecule has 1 aromatic carbocycles. The van der Waals surface area contributed by atoms with Crippen LogP contribution in [0.25, 0.3) is 0 Å². The summed E-state index contributed by atoms with van der Waals surface area (Å²) in [4.78, 5) is 24.7. The maximum Gasteiger partial charge on any atom is 0.414 e. The van der Waals surface area contributed by atoms with Gasteiger partial charge in [-0.05, 0) is 39.0 Å². The number of rotatable bonds is 2. The fraction of sp³-hybridized carbons (Fsp3) is 0.429. The van der Waals surface area contributed by atoms with Gasteiger partial charge >= 0.3 is 12.2 Å². The smallest absolute Gasteiger partial charge is 0.414 e. The molecule has 0 saturated carbocycles. The molecule has 1 fully saturated rings. The first-order valence-electron chi connectivity index (χ1n) is 6.39. The normalized spacial score (nSPS) is 14.9. The van der Waals surface area contributed by atoms with E-state index >= 15 is 0 Å². The Balaban J connectivity index is 2.06. The van der Waals surface area contributed by atoms with E-state index in [1.165, 1.54) is 4.90 Å². The van der Waals surface area contributed by atoms with Gasteiger partial charge in [-0.25, -0.2) is 9.59 Å². The van der Waals surface area contributed by atoms with Crippen LogP contribution < -0.4 is 10.2 Å². The van der Waals surface area contributed by atoms with Crippen LogP contribution in [0.2, 0.25) is 0 Å². The molecule has 108 valence electrons. The molecule has 2 amide bonds. The quantitative estimate of drug-likeness (QED) is 0.903. The van der Waals surface area contributed by atoms with Crippen molar-refractivity contribution < 1.29 is 19.1 Å². The second kappa shape index (κ2) is 5.40. The lowest BCUT2D eigenvalue weighted by Gasteiger charge is -2.20. The lowest BCUT2D eigenvalue weighted by atomic mass is 10.2. The van der Waals surface area contributed by atoms with Crippen molar-refractivity contribution >= 4 is 23.6 Å². The second-order valence-corrected chi connectivity index (χ2v) is 5.44. The van der Waals surface area contributed by atoms with Gasteiger partial charge in [0.25, 0.3) is 0 Å². The van der Waals surface area contributed by atoms with Gasteiger partial charge in [0.1, 0.15) is 12.2 Å². The Kier molecular flexibility index (Phi) is 3.83. The number of anilines is 2. The fourth-order valence-corrected chi connectivity index (χ4v) is 1.80. The Morgan fingerprint density at radius 1 is 1.40 bits per heavy atom. The van der Waals surface area contributed by atoms with Crippen LogP contribution in [0.1, 0.15) is 20.8 Å². The molecule has 0 atom stereocenters. The molecule has 0 aliphatic carbocycles. The highest BCUT2D eigenvalue weighted by atomic mass is 16.6. The molecule has 1 aliphatic heterocycles. The summed E-state index contributed by atoms with van der Waals surface area (Å²) in [5, 5.41) is 2.64. The third-order valence-corrected chi connectivity index (χ3v) is 2.56. The lowest BCUT2D eigenvalue weighted by Crippen LogP contribution is -2.27. The molecular weight excluding hydrogens is 260 g/mol. The van der Waals surface area contributed by atoms with E-state index in [2.05, 4.69) is 5.32 Å². The van der Waals surface area contributed by atoms with Crippen molar-refractivity contribution in [1.29, 1.82) is 0 Å². The highest BCUT2D eigenvalue weighted by Crippen LogP contribution is 2.22. The van der Waals surface area contributed by atoms with Crippen molar-refractivity contribution in [1.82, 2.24) is 0 Å². The van der Waals surface area contributed by atoms with Crippen LogP contribution in [0.3, 0.4) is 0 Å². The van der Waals surface area contributed by atoms with E-state index in [-0.39, 0.29) is 6.09 Å². The van der Waals surface area contributed by atoms with E-state index in [1.807, 2.05) is 0 Å². The lowest BCUT2D eigenvalue weighted by molar-refractivity contribution is 0.0636. The molecule has 1 saturated heterocycles. The van der Waals surface area contributed by atoms with Crippen LogP contribution in [-0.2, 0) is 9.47 Å². The number of cyclic esters (lactones) is 1. The Hall–Kier alpha value is -2.24. The number of hydrogen-bond acceptors (Lipinski definition) is 4. The molecule has 2 rings (SSSR count). The summed E-state index contributed by atoms with van der Waals surface area (Å²) in [6.45, 7) is 6.27. The van der Waals surface area contributed by atoms with Crippen molar-refractivity contribution in [3.8, 4) is 0 Å². The molecule has 0 radical (unpaired) electrons. The maximum absolute atomic E-state index is 11.7. The van der Waals surface area contributed by atoms with Crippen molar-refractivity contribution in [2.24, 2.45) is 0 Å². The van der Waals surface area contributed by atoms with Gasteiger partial charge in [-0.1, -0.05) is 6.07 Å². The molecule has 1 heterocycles. The Bertz CT molecular complexity index is 522. The number of ether oxygens (including phenoxy) is 2. The standard InChI is InChI=1S/C14H18N2O4/c1-14(2,3)20-12(17)15-10-5-4-6-11(9-10)16-7-8-19-13(16)18/h4-6,9H,7-8H2,1-3H3,(H,15,17). The summed E-state index contributed by atoms with van der Waals surface area (Å²) >= 11 is 0. The summed E-state index contributed by atoms with van der Waals surface area (Å²) < 4.78 is 10.1. The van der Waals surface area contributed by atoms with Gasteiger partial charge < -0.3 is 9.47 Å². The molecule has 1 N–H and O–H groups in total. The molecule has 1 aromatic rings. The maximum atomic E-state index is 11.7. The topological polar surface area (TPSA) is 67.9 Å². The minimum atomic E-state index is -0.555. The summed E-state index contributed by atoms with van der Waals surface area (Å²) in [6.07, 6.45) is -0.905. The van der Waals surface area contributed by atoms with Crippen LogP contribution in [0.15, 0.2) is 24.3 Å². The van der Waals surface area contributed by atoms with E-state index in [0.717, 1.165) is 0 Å². The number of nitrogens with zero attached hydrogens (tertiary/aromatic N) is 1. The van der Waals surface area contributed by atoms with Gasteiger partial charge in [-0.3, -0.25) is 10.2 Å². The summed E-state index contributed by atoms with van der Waals surface area (Å²) in [6, 6.07) is 6.98. The first-order valence-corrected chi connectivity index (χ1v) is 6.39. The number of carbonyl (C=O) groups is 2. The number of hydrogen-bond donors (Lipinski definition) is 1. The predicted octanol–water partition coefficient (Wildman–Crippen LogP) is 2.99. The van der Waals surface area contributed by atoms with Crippen LogP contribution >= 0.6 is 0 Å². The monoisotopic (exact) mass is 278 g/mol. The Morgan fingerprint density at radius 2 is 2.15 bits per heavy atom. The zero-order chi connectivity index (χ0) is 14.8. The van der Waals surface area contributed by atoms with E-state index in [9.17, 15) is 9.59 Å². The average molecular weight is 278 g/mol. The highest BCUT2D eigenvalue weighted by Gasteiger charge is 2.24. The number of benzene rings is 1. The largest absolute Gasteiger partial charge is 0.447 e. The minimum Gasteiger partial charge on any atom is -0.447 e. The van der Waals surface area contributed by atoms with E-state index in [4.69, 9.17) is 9.47 Å². The summed E-state index contributed by atoms with van der Waals surface area (Å²) in [7, 11) is 0. The van der Waals surface area contributed by atoms with Crippen LogP contribution in [-0.4, -0.2) is 30.9 Å². The Labute approximate surface area is 117 Å². The third-order valence-electron chi connectivity index (χ3n) is 2.56. The molecule has 6 nitrogen and oxygen atoms in total. The molecule has 20 heavy (non-hydrogen) atoms. The first kappa shape index (κ1) is 14.2. The first-order chi connectivity index (χ1) is 9.35. The molecular formula is C14H18N2O4. The van der Waals surface area contributed by atoms with Crippen LogP contribution in [0.4, 0.5) is 21.0 Å². The van der Waals surface area contributed by atoms with Gasteiger partial charge in [-0.15, -0.1) is 0 Å². The molecule has 0 unspecified atom stereocenters. The molecule has 0 spiro atoms. The molecule has 1 aliphatic rings. The summed E-state index contributed by atoms with van der Waals surface area (Å²) in [5.74, 6) is 0. The second-order valence-electron chi connectivity index (χ2n) is 5.44. The third kappa shape index (κ3) is 3.63. The average Bonchev–Trinajstić information content (AvgIpc) is 2.73. The minimum absolute atomic E-state index is 0.376. The Morgan fingerprint density at radius 3 is 2.75 bits per heavy atom. The van der Waals surface area contributed by atoms with E-state index in [1.54, 1.807) is 45.0 Å². The molecule has 6 heteroatoms. The van der Waals surface area contributed by atoms with Gasteiger partial charge in [0.2, 0.25) is 0 Å². The molecule has 0 aromatic heterocycles. The van der Waals surface area contributed by atoms with Crippen LogP contribution in [0.5, 0.6) is 0 Å². The van der Waals surface area contributed by atoms with Gasteiger partial charge in [0.05, 0.1) is 6.54 Å². The van der Waals surface area contributed by atoms with Crippen LogP contribution in [0, 0.1) is 0 Å². The van der Waals surface area contributed by atoms with Gasteiger partial charge in [0.15, 0.2) is 0 Å². The van der Waals surface area contributed by atoms with Crippen molar-refractivity contribution in [2.75, 3.05) is 23.4 Å².